The molecule has 0 fully saturated rings. The molecule has 3 N–H and O–H groups in total. The van der Waals surface area contributed by atoms with Gasteiger partial charge >= 0.3 is 0 Å². The molecule has 0 aliphatic carbocycles. The molecule has 0 radical (unpaired) electrons. The predicted molar refractivity (Wildman–Crippen MR) is 82.2 cm³/mol. The van der Waals surface area contributed by atoms with E-state index in [1.165, 1.54) is 0 Å². The molecule has 2 rings (SSSR count). The molecule has 1 atom stereocenters. The summed E-state index contributed by atoms with van der Waals surface area (Å²) >= 11 is 0. The normalized spacial score (nSPS) is 12.7. The number of nitrogens with zero attached hydrogens (tertiary/aromatic N) is 1. The summed E-state index contributed by atoms with van der Waals surface area (Å²) in [6.07, 6.45) is 1.69. The van der Waals surface area contributed by atoms with Gasteiger partial charge in [0.25, 0.3) is 5.22 Å². The number of amides is 1. The first-order chi connectivity index (χ1) is 10.0. The summed E-state index contributed by atoms with van der Waals surface area (Å²) < 4.78 is 17.5. The second kappa shape index (κ2) is 6.71. The van der Waals surface area contributed by atoms with E-state index in [-0.39, 0.29) is 22.9 Å². The molecule has 0 aliphatic rings. The number of aromatic nitrogens is 1. The number of hydrogen-bond acceptors (Lipinski definition) is 5. The van der Waals surface area contributed by atoms with E-state index in [1.54, 1.807) is 18.2 Å². The highest BCUT2D eigenvalue weighted by molar-refractivity contribution is 7.85. The van der Waals surface area contributed by atoms with Gasteiger partial charge in [-0.05, 0) is 25.0 Å². The Balaban J connectivity index is 2.06. The van der Waals surface area contributed by atoms with E-state index in [2.05, 4.69) is 10.3 Å². The van der Waals surface area contributed by atoms with Gasteiger partial charge < -0.3 is 15.5 Å². The Hall–Kier alpha value is -1.89. The molecular formula is C14H19N3O3S. The van der Waals surface area contributed by atoms with Crippen LogP contribution < -0.4 is 11.1 Å². The lowest BCUT2D eigenvalue weighted by Crippen LogP contribution is -2.36. The standard InChI is InChI=1S/C14H19N3O3S/c1-3-10(4-2)16-13(18)8-21(19)14-17-11-6-5-9(15)7-12(11)20-14/h5-7,10H,3-4,8,15H2,1-2H3,(H,16,18). The maximum absolute atomic E-state index is 12.1. The monoisotopic (exact) mass is 309 g/mol. The number of hydrogen-bond donors (Lipinski definition) is 2. The Morgan fingerprint density at radius 1 is 1.43 bits per heavy atom. The SMILES string of the molecule is CCC(CC)NC(=O)CS(=O)c1nc2ccc(N)cc2o1. The van der Waals surface area contributed by atoms with Crippen molar-refractivity contribution in [3.63, 3.8) is 0 Å². The summed E-state index contributed by atoms with van der Waals surface area (Å²) in [6.45, 7) is 3.99. The predicted octanol–water partition coefficient (Wildman–Crippen LogP) is 1.82. The fourth-order valence-electron chi connectivity index (χ4n) is 1.96. The highest BCUT2D eigenvalue weighted by Crippen LogP contribution is 2.20. The lowest BCUT2D eigenvalue weighted by Gasteiger charge is -2.13. The number of carbonyl (C=O) groups is 1. The van der Waals surface area contributed by atoms with E-state index in [1.807, 2.05) is 13.8 Å². The molecule has 1 heterocycles. The quantitative estimate of drug-likeness (QED) is 0.793. The number of nitrogen functional groups attached to an aromatic ring is 1. The minimum absolute atomic E-state index is 0.0512. The van der Waals surface area contributed by atoms with Crippen LogP contribution in [-0.2, 0) is 15.6 Å². The summed E-state index contributed by atoms with van der Waals surface area (Å²) in [4.78, 5) is 16.0. The molecule has 1 unspecified atom stereocenters. The van der Waals surface area contributed by atoms with Crippen LogP contribution in [0.15, 0.2) is 27.8 Å². The van der Waals surface area contributed by atoms with E-state index < -0.39 is 10.8 Å². The molecule has 0 saturated heterocycles. The molecular weight excluding hydrogens is 290 g/mol. The fourth-order valence-corrected chi connectivity index (χ4v) is 2.79. The van der Waals surface area contributed by atoms with Crippen molar-refractivity contribution in [1.82, 2.24) is 10.3 Å². The summed E-state index contributed by atoms with van der Waals surface area (Å²) in [5.41, 5.74) is 7.24. The van der Waals surface area contributed by atoms with E-state index >= 15 is 0 Å². The van der Waals surface area contributed by atoms with Crippen molar-refractivity contribution in [3.05, 3.63) is 18.2 Å². The van der Waals surface area contributed by atoms with Gasteiger partial charge in [-0.3, -0.25) is 4.79 Å². The second-order valence-electron chi connectivity index (χ2n) is 4.78. The van der Waals surface area contributed by atoms with Crippen molar-refractivity contribution >= 4 is 33.5 Å². The molecule has 7 heteroatoms. The van der Waals surface area contributed by atoms with Gasteiger partial charge in [-0.15, -0.1) is 0 Å². The average Bonchev–Trinajstić information content (AvgIpc) is 2.87. The topological polar surface area (TPSA) is 98.2 Å². The van der Waals surface area contributed by atoms with Crippen LogP contribution in [0.2, 0.25) is 0 Å². The van der Waals surface area contributed by atoms with Gasteiger partial charge in [0.15, 0.2) is 5.58 Å². The molecule has 0 spiro atoms. The van der Waals surface area contributed by atoms with Crippen LogP contribution in [0, 0.1) is 0 Å². The van der Waals surface area contributed by atoms with Gasteiger partial charge in [-0.25, -0.2) is 9.19 Å². The fraction of sp³-hybridized carbons (Fsp3) is 0.429. The van der Waals surface area contributed by atoms with Crippen LogP contribution in [0.3, 0.4) is 0 Å². The van der Waals surface area contributed by atoms with Gasteiger partial charge in [0.1, 0.15) is 22.1 Å². The van der Waals surface area contributed by atoms with Gasteiger partial charge in [0.2, 0.25) is 5.91 Å². The molecule has 1 aromatic carbocycles. The minimum Gasteiger partial charge on any atom is -0.430 e. The van der Waals surface area contributed by atoms with Crippen LogP contribution in [-0.4, -0.2) is 26.9 Å². The van der Waals surface area contributed by atoms with Gasteiger partial charge in [0.05, 0.1) is 0 Å². The third-order valence-corrected chi connectivity index (χ3v) is 4.29. The highest BCUT2D eigenvalue weighted by Gasteiger charge is 2.18. The Kier molecular flexibility index (Phi) is 4.95. The minimum atomic E-state index is -1.60. The second-order valence-corrected chi connectivity index (χ2v) is 6.11. The first-order valence-electron chi connectivity index (χ1n) is 6.87. The smallest absolute Gasteiger partial charge is 0.288 e. The molecule has 21 heavy (non-hydrogen) atoms. The summed E-state index contributed by atoms with van der Waals surface area (Å²) in [6, 6.07) is 5.11. The lowest BCUT2D eigenvalue weighted by atomic mass is 10.2. The van der Waals surface area contributed by atoms with E-state index in [9.17, 15) is 9.00 Å². The number of nitrogens with one attached hydrogen (secondary N) is 1. The Morgan fingerprint density at radius 2 is 2.14 bits per heavy atom. The molecule has 1 aromatic heterocycles. The molecule has 6 nitrogen and oxygen atoms in total. The zero-order chi connectivity index (χ0) is 15.4. The number of anilines is 1. The van der Waals surface area contributed by atoms with Crippen LogP contribution in [0.1, 0.15) is 26.7 Å². The molecule has 114 valence electrons. The van der Waals surface area contributed by atoms with Crippen molar-refractivity contribution in [2.24, 2.45) is 0 Å². The number of nitrogens with two attached hydrogens (primary N) is 1. The first-order valence-corrected chi connectivity index (χ1v) is 8.19. The lowest BCUT2D eigenvalue weighted by molar-refractivity contribution is -0.119. The van der Waals surface area contributed by atoms with Crippen molar-refractivity contribution < 1.29 is 13.4 Å². The number of rotatable bonds is 6. The van der Waals surface area contributed by atoms with Gasteiger partial charge in [-0.1, -0.05) is 13.8 Å². The maximum atomic E-state index is 12.1. The highest BCUT2D eigenvalue weighted by atomic mass is 32.2. The van der Waals surface area contributed by atoms with Crippen LogP contribution in [0.5, 0.6) is 0 Å². The summed E-state index contributed by atoms with van der Waals surface area (Å²) in [5.74, 6) is -0.414. The van der Waals surface area contributed by atoms with E-state index in [4.69, 9.17) is 10.2 Å². The Labute approximate surface area is 125 Å². The molecule has 0 aliphatic heterocycles. The van der Waals surface area contributed by atoms with Gasteiger partial charge in [0, 0.05) is 17.8 Å². The van der Waals surface area contributed by atoms with Crippen molar-refractivity contribution in [1.29, 1.82) is 0 Å². The average molecular weight is 309 g/mol. The molecule has 0 bridgehead atoms. The zero-order valence-corrected chi connectivity index (χ0v) is 12.9. The molecule has 1 amide bonds. The molecule has 0 saturated carbocycles. The number of oxazole rings is 1. The maximum Gasteiger partial charge on any atom is 0.288 e. The van der Waals surface area contributed by atoms with Crippen molar-refractivity contribution in [3.8, 4) is 0 Å². The number of benzene rings is 1. The van der Waals surface area contributed by atoms with Crippen LogP contribution in [0.4, 0.5) is 5.69 Å². The number of fused-ring (bicyclic) bond motifs is 1. The molecule has 2 aromatic rings. The van der Waals surface area contributed by atoms with Crippen LogP contribution in [0.25, 0.3) is 11.1 Å². The third-order valence-electron chi connectivity index (χ3n) is 3.20. The third kappa shape index (κ3) is 3.81. The van der Waals surface area contributed by atoms with Crippen molar-refractivity contribution in [2.45, 2.75) is 38.0 Å². The zero-order valence-electron chi connectivity index (χ0n) is 12.1. The first kappa shape index (κ1) is 15.5. The summed E-state index contributed by atoms with van der Waals surface area (Å²) in [5, 5.41) is 2.89. The van der Waals surface area contributed by atoms with Crippen molar-refractivity contribution in [2.75, 3.05) is 11.5 Å². The summed E-state index contributed by atoms with van der Waals surface area (Å²) in [7, 11) is -1.60. The number of carbonyl (C=O) groups excluding carboxylic acids is 1. The van der Waals surface area contributed by atoms with E-state index in [0.29, 0.717) is 16.8 Å². The largest absolute Gasteiger partial charge is 0.430 e. The van der Waals surface area contributed by atoms with E-state index in [0.717, 1.165) is 12.8 Å². The Bertz CT molecular complexity index is 665. The van der Waals surface area contributed by atoms with Crippen LogP contribution >= 0.6 is 0 Å². The Morgan fingerprint density at radius 3 is 2.81 bits per heavy atom. The van der Waals surface area contributed by atoms with Gasteiger partial charge in [-0.2, -0.15) is 0 Å².